The largest absolute Gasteiger partial charge is 0.352 e. The quantitative estimate of drug-likeness (QED) is 0.649. The molecule has 0 aromatic heterocycles. The molecule has 6 heteroatoms. The Kier molecular flexibility index (Phi) is 8.48. The lowest BCUT2D eigenvalue weighted by atomic mass is 9.87. The molecular formula is C28H37N3O3. The first-order chi connectivity index (χ1) is 16.2. The van der Waals surface area contributed by atoms with Crippen LogP contribution < -0.4 is 10.6 Å². The molecule has 34 heavy (non-hydrogen) atoms. The highest BCUT2D eigenvalue weighted by molar-refractivity contribution is 5.99. The zero-order valence-corrected chi connectivity index (χ0v) is 20.9. The molecule has 2 atom stereocenters. The molecule has 2 aromatic rings. The molecule has 0 unspecified atom stereocenters. The summed E-state index contributed by atoms with van der Waals surface area (Å²) >= 11 is 0. The Morgan fingerprint density at radius 1 is 0.912 bits per heavy atom. The topological polar surface area (TPSA) is 78.5 Å². The van der Waals surface area contributed by atoms with Gasteiger partial charge in [0.1, 0.15) is 6.04 Å². The summed E-state index contributed by atoms with van der Waals surface area (Å²) in [6, 6.07) is 14.3. The summed E-state index contributed by atoms with van der Waals surface area (Å²) in [5.41, 5.74) is 3.18. The second kappa shape index (κ2) is 11.3. The number of benzene rings is 2. The van der Waals surface area contributed by atoms with Crippen molar-refractivity contribution in [3.8, 4) is 0 Å². The summed E-state index contributed by atoms with van der Waals surface area (Å²) in [5, 5.41) is 6.10. The van der Waals surface area contributed by atoms with Gasteiger partial charge < -0.3 is 15.5 Å². The number of hydrogen-bond acceptors (Lipinski definition) is 3. The number of carbonyl (C=O) groups is 3. The first kappa shape index (κ1) is 25.5. The van der Waals surface area contributed by atoms with E-state index in [-0.39, 0.29) is 35.6 Å². The number of nitrogens with zero attached hydrogens (tertiary/aromatic N) is 1. The average molecular weight is 464 g/mol. The van der Waals surface area contributed by atoms with Gasteiger partial charge in [-0.1, -0.05) is 49.7 Å². The molecule has 1 aliphatic heterocycles. The Balaban J connectivity index is 1.73. The monoisotopic (exact) mass is 463 g/mol. The number of amides is 3. The van der Waals surface area contributed by atoms with Gasteiger partial charge in [0.05, 0.1) is 0 Å². The maximum absolute atomic E-state index is 13.3. The van der Waals surface area contributed by atoms with Crippen LogP contribution in [0.3, 0.4) is 0 Å². The van der Waals surface area contributed by atoms with Gasteiger partial charge in [-0.25, -0.2) is 0 Å². The smallest absolute Gasteiger partial charge is 0.253 e. The molecule has 0 bridgehead atoms. The van der Waals surface area contributed by atoms with Gasteiger partial charge in [0, 0.05) is 30.3 Å². The van der Waals surface area contributed by atoms with Crippen LogP contribution in [0.5, 0.6) is 0 Å². The summed E-state index contributed by atoms with van der Waals surface area (Å²) in [6.45, 7) is 11.1. The van der Waals surface area contributed by atoms with Crippen molar-refractivity contribution in [3.05, 3.63) is 70.8 Å². The normalized spacial score (nSPS) is 16.1. The fourth-order valence-corrected chi connectivity index (χ4v) is 4.32. The van der Waals surface area contributed by atoms with Crippen LogP contribution >= 0.6 is 0 Å². The van der Waals surface area contributed by atoms with Crippen LogP contribution in [0.1, 0.15) is 65.5 Å². The Bertz CT molecular complexity index is 1030. The third-order valence-electron chi connectivity index (χ3n) is 6.89. The molecule has 0 aliphatic carbocycles. The van der Waals surface area contributed by atoms with Crippen molar-refractivity contribution in [2.45, 2.75) is 59.5 Å². The fraction of sp³-hybridized carbons (Fsp3) is 0.464. The van der Waals surface area contributed by atoms with E-state index in [2.05, 4.69) is 24.5 Å². The Labute approximate surface area is 203 Å². The zero-order valence-electron chi connectivity index (χ0n) is 20.9. The zero-order chi connectivity index (χ0) is 24.8. The lowest BCUT2D eigenvalue weighted by Crippen LogP contribution is -2.55. The third-order valence-corrected chi connectivity index (χ3v) is 6.89. The first-order valence-corrected chi connectivity index (χ1v) is 12.2. The molecule has 1 fully saturated rings. The number of hydrogen-bond donors (Lipinski definition) is 2. The summed E-state index contributed by atoms with van der Waals surface area (Å²) in [5.74, 6) is -0.153. The highest BCUT2D eigenvalue weighted by Crippen LogP contribution is 2.24. The average Bonchev–Trinajstić information content (AvgIpc) is 2.82. The molecule has 0 saturated carbocycles. The molecule has 1 saturated heterocycles. The van der Waals surface area contributed by atoms with Crippen molar-refractivity contribution in [2.75, 3.05) is 13.1 Å². The lowest BCUT2D eigenvalue weighted by Gasteiger charge is -2.36. The fourth-order valence-electron chi connectivity index (χ4n) is 4.32. The first-order valence-electron chi connectivity index (χ1n) is 12.2. The highest BCUT2D eigenvalue weighted by Gasteiger charge is 2.35. The molecule has 0 spiro atoms. The van der Waals surface area contributed by atoms with E-state index in [1.807, 2.05) is 68.1 Å². The molecule has 2 aromatic carbocycles. The lowest BCUT2D eigenvalue weighted by molar-refractivity contribution is -0.125. The minimum Gasteiger partial charge on any atom is -0.352 e. The number of carbonyl (C=O) groups excluding carboxylic acids is 3. The predicted molar refractivity (Wildman–Crippen MR) is 135 cm³/mol. The summed E-state index contributed by atoms with van der Waals surface area (Å²) < 4.78 is 0. The van der Waals surface area contributed by atoms with E-state index < -0.39 is 6.04 Å². The molecule has 1 aliphatic rings. The number of rotatable bonds is 7. The van der Waals surface area contributed by atoms with Crippen LogP contribution in [0.25, 0.3) is 0 Å². The predicted octanol–water partition coefficient (Wildman–Crippen LogP) is 4.11. The summed E-state index contributed by atoms with van der Waals surface area (Å²) in [4.78, 5) is 41.2. The second-order valence-electron chi connectivity index (χ2n) is 9.81. The molecule has 1 heterocycles. The van der Waals surface area contributed by atoms with Gasteiger partial charge in [0.15, 0.2) is 0 Å². The maximum atomic E-state index is 13.3. The molecule has 3 amide bonds. The van der Waals surface area contributed by atoms with E-state index in [1.165, 1.54) is 0 Å². The van der Waals surface area contributed by atoms with E-state index in [9.17, 15) is 14.4 Å². The number of likely N-dealkylation sites (tertiary alicyclic amines) is 1. The van der Waals surface area contributed by atoms with Crippen molar-refractivity contribution in [1.82, 2.24) is 15.5 Å². The van der Waals surface area contributed by atoms with Crippen molar-refractivity contribution < 1.29 is 14.4 Å². The van der Waals surface area contributed by atoms with Crippen LogP contribution in [-0.4, -0.2) is 47.8 Å². The van der Waals surface area contributed by atoms with Gasteiger partial charge in [-0.2, -0.15) is 0 Å². The number of nitrogens with one attached hydrogen (secondary N) is 2. The van der Waals surface area contributed by atoms with Crippen molar-refractivity contribution in [3.63, 3.8) is 0 Å². The minimum absolute atomic E-state index is 0.00616. The van der Waals surface area contributed by atoms with Gasteiger partial charge in [-0.05, 0) is 69.2 Å². The Hall–Kier alpha value is -3.15. The van der Waals surface area contributed by atoms with Crippen LogP contribution in [0.4, 0.5) is 0 Å². The number of piperidine rings is 1. The van der Waals surface area contributed by atoms with Crippen molar-refractivity contribution in [2.24, 2.45) is 11.8 Å². The van der Waals surface area contributed by atoms with Crippen molar-refractivity contribution in [1.29, 1.82) is 0 Å². The Morgan fingerprint density at radius 3 is 2.21 bits per heavy atom. The SMILES string of the molecule is Cc1cccc(C(=O)N2CCC([C@@H](NC(=O)c3ccccc3C)C(=O)N[C@H](C)C(C)C)CC2)c1. The molecular weight excluding hydrogens is 426 g/mol. The number of aryl methyl sites for hydroxylation is 2. The Morgan fingerprint density at radius 2 is 1.59 bits per heavy atom. The molecule has 6 nitrogen and oxygen atoms in total. The summed E-state index contributed by atoms with van der Waals surface area (Å²) in [6.07, 6.45) is 1.31. The van der Waals surface area contributed by atoms with Gasteiger partial charge in [0.2, 0.25) is 5.91 Å². The van der Waals surface area contributed by atoms with E-state index in [0.29, 0.717) is 37.1 Å². The van der Waals surface area contributed by atoms with E-state index in [4.69, 9.17) is 0 Å². The molecule has 0 radical (unpaired) electrons. The van der Waals surface area contributed by atoms with Crippen molar-refractivity contribution >= 4 is 17.7 Å². The van der Waals surface area contributed by atoms with Crippen LogP contribution in [0.2, 0.25) is 0 Å². The standard InChI is InChI=1S/C28H37N3O3/c1-18(2)21(5)29-27(33)25(30-26(32)24-12-7-6-10-20(24)4)22-13-15-31(16-14-22)28(34)23-11-8-9-19(3)17-23/h6-12,17-18,21-22,25H,13-16H2,1-5H3,(H,29,33)(H,30,32)/t21-,25-/m1/s1. The van der Waals surface area contributed by atoms with E-state index >= 15 is 0 Å². The molecule has 182 valence electrons. The summed E-state index contributed by atoms with van der Waals surface area (Å²) in [7, 11) is 0. The molecule has 2 N–H and O–H groups in total. The highest BCUT2D eigenvalue weighted by atomic mass is 16.2. The third kappa shape index (κ3) is 6.25. The van der Waals surface area contributed by atoms with Gasteiger partial charge in [-0.3, -0.25) is 14.4 Å². The maximum Gasteiger partial charge on any atom is 0.253 e. The van der Waals surface area contributed by atoms with Gasteiger partial charge in [-0.15, -0.1) is 0 Å². The van der Waals surface area contributed by atoms with E-state index in [1.54, 1.807) is 6.07 Å². The van der Waals surface area contributed by atoms with Crippen LogP contribution in [0.15, 0.2) is 48.5 Å². The van der Waals surface area contributed by atoms with Crippen LogP contribution in [0, 0.1) is 25.7 Å². The second-order valence-corrected chi connectivity index (χ2v) is 9.81. The van der Waals surface area contributed by atoms with E-state index in [0.717, 1.165) is 11.1 Å². The molecule has 3 rings (SSSR count). The minimum atomic E-state index is -0.649. The van der Waals surface area contributed by atoms with Crippen LogP contribution in [-0.2, 0) is 4.79 Å². The van der Waals surface area contributed by atoms with Gasteiger partial charge >= 0.3 is 0 Å². The van der Waals surface area contributed by atoms with Gasteiger partial charge in [0.25, 0.3) is 11.8 Å².